The summed E-state index contributed by atoms with van der Waals surface area (Å²) in [6.07, 6.45) is 9.48. The zero-order chi connectivity index (χ0) is 19.1. The Labute approximate surface area is 165 Å². The van der Waals surface area contributed by atoms with Gasteiger partial charge in [-0.2, -0.15) is 0 Å². The number of likely N-dealkylation sites (tertiary alicyclic amines) is 1. The van der Waals surface area contributed by atoms with Crippen molar-refractivity contribution in [1.82, 2.24) is 20.2 Å². The van der Waals surface area contributed by atoms with Crippen LogP contribution in [-0.4, -0.2) is 59.4 Å². The molecule has 0 unspecified atom stereocenters. The fraction of sp³-hybridized carbons (Fsp3) is 0.684. The molecule has 2 fully saturated rings. The van der Waals surface area contributed by atoms with E-state index in [0.29, 0.717) is 25.5 Å². The summed E-state index contributed by atoms with van der Waals surface area (Å²) in [5.74, 6) is 0.506. The zero-order valence-corrected chi connectivity index (χ0v) is 16.5. The lowest BCUT2D eigenvalue weighted by Gasteiger charge is -2.26. The third kappa shape index (κ3) is 5.54. The Hall–Kier alpha value is -1.89. The van der Waals surface area contributed by atoms with E-state index in [1.165, 1.54) is 12.6 Å². The Bertz CT molecular complexity index is 664. The lowest BCUT2D eigenvalue weighted by Crippen LogP contribution is -2.34. The predicted molar refractivity (Wildman–Crippen MR) is 105 cm³/mol. The molecule has 0 bridgehead atoms. The monoisotopic (exact) mass is 393 g/mol. The van der Waals surface area contributed by atoms with Gasteiger partial charge in [0.1, 0.15) is 0 Å². The Morgan fingerprint density at radius 3 is 2.67 bits per heavy atom. The molecule has 1 aromatic heterocycles. The third-order valence-electron chi connectivity index (χ3n) is 5.15. The van der Waals surface area contributed by atoms with Gasteiger partial charge < -0.3 is 15.1 Å². The number of hydrogen-bond acceptors (Lipinski definition) is 5. The average Bonchev–Trinajstić information content (AvgIpc) is 2.90. The lowest BCUT2D eigenvalue weighted by molar-refractivity contribution is -0.130. The molecule has 0 spiro atoms. The van der Waals surface area contributed by atoms with Crippen molar-refractivity contribution in [3.05, 3.63) is 16.9 Å². The van der Waals surface area contributed by atoms with Crippen LogP contribution in [0, 0.1) is 0 Å². The highest BCUT2D eigenvalue weighted by molar-refractivity contribution is 6.33. The number of aromatic nitrogens is 2. The molecule has 2 amide bonds. The quantitative estimate of drug-likeness (QED) is 0.751. The van der Waals surface area contributed by atoms with E-state index in [9.17, 15) is 9.59 Å². The molecule has 2 aliphatic heterocycles. The maximum absolute atomic E-state index is 12.5. The van der Waals surface area contributed by atoms with Crippen LogP contribution in [0.25, 0.3) is 0 Å². The molecule has 1 N–H and O–H groups in total. The van der Waals surface area contributed by atoms with Crippen LogP contribution < -0.4 is 10.2 Å². The number of amides is 2. The predicted octanol–water partition coefficient (Wildman–Crippen LogP) is 2.64. The summed E-state index contributed by atoms with van der Waals surface area (Å²) in [5.41, 5.74) is 0.220. The number of nitrogens with one attached hydrogen (secondary N) is 1. The smallest absolute Gasteiger partial charge is 0.271 e. The fourth-order valence-electron chi connectivity index (χ4n) is 3.59. The fourth-order valence-corrected chi connectivity index (χ4v) is 3.77. The van der Waals surface area contributed by atoms with Crippen LogP contribution in [0.5, 0.6) is 0 Å². The minimum Gasteiger partial charge on any atom is -0.351 e. The highest BCUT2D eigenvalue weighted by Crippen LogP contribution is 2.19. The second-order valence-electron chi connectivity index (χ2n) is 7.22. The molecule has 0 aliphatic carbocycles. The largest absolute Gasteiger partial charge is 0.351 e. The van der Waals surface area contributed by atoms with Crippen LogP contribution in [0.2, 0.25) is 5.02 Å². The van der Waals surface area contributed by atoms with E-state index >= 15 is 0 Å². The van der Waals surface area contributed by atoms with Crippen LogP contribution in [-0.2, 0) is 4.79 Å². The van der Waals surface area contributed by atoms with E-state index in [4.69, 9.17) is 11.6 Å². The number of hydrogen-bond donors (Lipinski definition) is 1. The van der Waals surface area contributed by atoms with Gasteiger partial charge in [-0.1, -0.05) is 18.0 Å². The van der Waals surface area contributed by atoms with E-state index in [2.05, 4.69) is 20.2 Å². The van der Waals surface area contributed by atoms with Gasteiger partial charge in [-0.3, -0.25) is 9.59 Å². The number of carbonyl (C=O) groups is 2. The van der Waals surface area contributed by atoms with Gasteiger partial charge in [-0.25, -0.2) is 9.97 Å². The highest BCUT2D eigenvalue weighted by atomic mass is 35.5. The van der Waals surface area contributed by atoms with Gasteiger partial charge in [-0.15, -0.1) is 0 Å². The van der Waals surface area contributed by atoms with Crippen molar-refractivity contribution in [2.75, 3.05) is 37.6 Å². The van der Waals surface area contributed by atoms with Crippen molar-refractivity contribution < 1.29 is 9.59 Å². The molecule has 7 nitrogen and oxygen atoms in total. The molecule has 1 aromatic rings. The van der Waals surface area contributed by atoms with Gasteiger partial charge in [0, 0.05) is 39.1 Å². The van der Waals surface area contributed by atoms with Crippen molar-refractivity contribution in [3.8, 4) is 0 Å². The lowest BCUT2D eigenvalue weighted by atomic mass is 10.1. The molecule has 0 radical (unpaired) electrons. The number of piperidine rings is 1. The number of carbonyl (C=O) groups excluding carboxylic acids is 2. The first-order valence-electron chi connectivity index (χ1n) is 9.98. The molecule has 3 rings (SSSR count). The van der Waals surface area contributed by atoms with Crippen LogP contribution in [0.15, 0.2) is 6.20 Å². The first kappa shape index (κ1) is 19.9. The van der Waals surface area contributed by atoms with Crippen LogP contribution >= 0.6 is 11.6 Å². The van der Waals surface area contributed by atoms with Crippen molar-refractivity contribution >= 4 is 29.4 Å². The molecule has 2 aliphatic rings. The average molecular weight is 394 g/mol. The van der Waals surface area contributed by atoms with Crippen LogP contribution in [0.1, 0.15) is 61.9 Å². The van der Waals surface area contributed by atoms with E-state index in [0.717, 1.165) is 58.2 Å². The normalized spacial score (nSPS) is 18.3. The minimum absolute atomic E-state index is 0.220. The van der Waals surface area contributed by atoms with E-state index in [1.807, 2.05) is 4.90 Å². The Morgan fingerprint density at radius 2 is 1.85 bits per heavy atom. The SMILES string of the molecule is O=C(NCCCN1CCCCCC1=O)c1nc(N2CCCCC2)ncc1Cl. The highest BCUT2D eigenvalue weighted by Gasteiger charge is 2.19. The number of halogens is 1. The Kier molecular flexibility index (Phi) is 7.26. The Balaban J connectivity index is 1.50. The zero-order valence-electron chi connectivity index (χ0n) is 15.8. The van der Waals surface area contributed by atoms with Gasteiger partial charge in [0.05, 0.1) is 11.2 Å². The molecule has 148 valence electrons. The van der Waals surface area contributed by atoms with Crippen molar-refractivity contribution in [3.63, 3.8) is 0 Å². The molecule has 27 heavy (non-hydrogen) atoms. The van der Waals surface area contributed by atoms with Crippen molar-refractivity contribution in [1.29, 1.82) is 0 Å². The maximum Gasteiger partial charge on any atom is 0.271 e. The second-order valence-corrected chi connectivity index (χ2v) is 7.62. The van der Waals surface area contributed by atoms with Crippen LogP contribution in [0.4, 0.5) is 5.95 Å². The van der Waals surface area contributed by atoms with Gasteiger partial charge in [0.2, 0.25) is 11.9 Å². The van der Waals surface area contributed by atoms with E-state index in [-0.39, 0.29) is 22.5 Å². The molecule has 0 saturated carbocycles. The standard InChI is InChI=1S/C19H28ClN5O2/c20-15-14-22-19(25-11-5-2-6-12-25)23-17(15)18(27)21-9-7-13-24-10-4-1-3-8-16(24)26/h14H,1-13H2,(H,21,27). The first-order valence-corrected chi connectivity index (χ1v) is 10.4. The van der Waals surface area contributed by atoms with Crippen molar-refractivity contribution in [2.45, 2.75) is 51.4 Å². The summed E-state index contributed by atoms with van der Waals surface area (Å²) in [7, 11) is 0. The van der Waals surface area contributed by atoms with E-state index in [1.54, 1.807) is 0 Å². The molecule has 0 atom stereocenters. The molecule has 2 saturated heterocycles. The molecular formula is C19H28ClN5O2. The number of anilines is 1. The summed E-state index contributed by atoms with van der Waals surface area (Å²) >= 11 is 6.14. The van der Waals surface area contributed by atoms with E-state index < -0.39 is 0 Å². The van der Waals surface area contributed by atoms with Gasteiger partial charge in [-0.05, 0) is 38.5 Å². The topological polar surface area (TPSA) is 78.4 Å². The summed E-state index contributed by atoms with van der Waals surface area (Å²) in [5, 5.41) is 3.13. The van der Waals surface area contributed by atoms with Crippen LogP contribution in [0.3, 0.4) is 0 Å². The first-order chi connectivity index (χ1) is 13.1. The van der Waals surface area contributed by atoms with Gasteiger partial charge in [0.15, 0.2) is 5.69 Å². The minimum atomic E-state index is -0.289. The summed E-state index contributed by atoms with van der Waals surface area (Å²) in [6.45, 7) is 3.81. The molecule has 3 heterocycles. The summed E-state index contributed by atoms with van der Waals surface area (Å²) in [4.78, 5) is 37.2. The number of nitrogens with zero attached hydrogens (tertiary/aromatic N) is 4. The summed E-state index contributed by atoms with van der Waals surface area (Å²) < 4.78 is 0. The molecule has 0 aromatic carbocycles. The maximum atomic E-state index is 12.5. The number of rotatable bonds is 6. The van der Waals surface area contributed by atoms with Crippen molar-refractivity contribution in [2.24, 2.45) is 0 Å². The second kappa shape index (κ2) is 9.88. The third-order valence-corrected chi connectivity index (χ3v) is 5.42. The summed E-state index contributed by atoms with van der Waals surface area (Å²) in [6, 6.07) is 0. The molecule has 8 heteroatoms. The van der Waals surface area contributed by atoms with Gasteiger partial charge in [0.25, 0.3) is 5.91 Å². The Morgan fingerprint density at radius 1 is 1.11 bits per heavy atom. The molecular weight excluding hydrogens is 366 g/mol. The van der Waals surface area contributed by atoms with Gasteiger partial charge >= 0.3 is 0 Å².